The highest BCUT2D eigenvalue weighted by Crippen LogP contribution is 2.25. The fourth-order valence-corrected chi connectivity index (χ4v) is 2.96. The van der Waals surface area contributed by atoms with Gasteiger partial charge in [0, 0.05) is 0 Å². The van der Waals surface area contributed by atoms with Gasteiger partial charge < -0.3 is 0 Å². The molecule has 1 unspecified atom stereocenters. The summed E-state index contributed by atoms with van der Waals surface area (Å²) >= 11 is 6.19. The molecule has 0 N–H and O–H groups in total. The standard InChI is InChI=1S/C9H19ClSi/c1-7(2)9(10)8(3)11(4,5)6/h7,9H,3H2,1-2,4-6H3. The van der Waals surface area contributed by atoms with Crippen molar-refractivity contribution in [3.63, 3.8) is 0 Å². The van der Waals surface area contributed by atoms with Crippen molar-refractivity contribution in [2.75, 3.05) is 0 Å². The number of rotatable bonds is 3. The van der Waals surface area contributed by atoms with Gasteiger partial charge in [-0.3, -0.25) is 0 Å². The van der Waals surface area contributed by atoms with Crippen molar-refractivity contribution < 1.29 is 0 Å². The van der Waals surface area contributed by atoms with Crippen LogP contribution in [0.2, 0.25) is 19.6 Å². The first-order valence-electron chi connectivity index (χ1n) is 4.10. The van der Waals surface area contributed by atoms with Gasteiger partial charge in [-0.15, -0.1) is 18.2 Å². The maximum atomic E-state index is 6.19. The predicted octanol–water partition coefficient (Wildman–Crippen LogP) is 3.68. The maximum Gasteiger partial charge on any atom is 0.0736 e. The summed E-state index contributed by atoms with van der Waals surface area (Å²) in [5.74, 6) is 0.510. The predicted molar refractivity (Wildman–Crippen MR) is 57.0 cm³/mol. The van der Waals surface area contributed by atoms with Crippen molar-refractivity contribution in [1.29, 1.82) is 0 Å². The molecule has 2 heteroatoms. The van der Waals surface area contributed by atoms with E-state index in [1.807, 2.05) is 0 Å². The third-order valence-electron chi connectivity index (χ3n) is 1.88. The molecule has 0 aliphatic carbocycles. The van der Waals surface area contributed by atoms with Gasteiger partial charge in [0.05, 0.1) is 13.5 Å². The van der Waals surface area contributed by atoms with Crippen molar-refractivity contribution in [3.8, 4) is 0 Å². The number of hydrogen-bond acceptors (Lipinski definition) is 0. The van der Waals surface area contributed by atoms with Crippen LogP contribution in [0.5, 0.6) is 0 Å². The highest BCUT2D eigenvalue weighted by Gasteiger charge is 2.25. The van der Waals surface area contributed by atoms with E-state index in [2.05, 4.69) is 40.1 Å². The lowest BCUT2D eigenvalue weighted by molar-refractivity contribution is 0.663. The molecular weight excluding hydrogens is 172 g/mol. The van der Waals surface area contributed by atoms with Gasteiger partial charge in [-0.1, -0.05) is 38.7 Å². The van der Waals surface area contributed by atoms with Crippen molar-refractivity contribution >= 4 is 19.7 Å². The van der Waals surface area contributed by atoms with Gasteiger partial charge in [0.2, 0.25) is 0 Å². The Labute approximate surface area is 76.7 Å². The molecule has 0 aromatic heterocycles. The normalized spacial score (nSPS) is 15.2. The van der Waals surface area contributed by atoms with Crippen LogP contribution >= 0.6 is 11.6 Å². The molecule has 0 saturated carbocycles. The van der Waals surface area contributed by atoms with Crippen LogP contribution in [0.25, 0.3) is 0 Å². The second-order valence-corrected chi connectivity index (χ2v) is 10.0. The lowest BCUT2D eigenvalue weighted by Gasteiger charge is -2.26. The average Bonchev–Trinajstić information content (AvgIpc) is 1.82. The summed E-state index contributed by atoms with van der Waals surface area (Å²) < 4.78 is 0. The Morgan fingerprint density at radius 3 is 1.73 bits per heavy atom. The van der Waals surface area contributed by atoms with Gasteiger partial charge in [-0.2, -0.15) is 0 Å². The van der Waals surface area contributed by atoms with E-state index in [9.17, 15) is 0 Å². The first-order chi connectivity index (χ1) is 4.76. The Morgan fingerprint density at radius 2 is 1.64 bits per heavy atom. The van der Waals surface area contributed by atoms with E-state index < -0.39 is 8.07 Å². The van der Waals surface area contributed by atoms with Crippen molar-refractivity contribution in [2.24, 2.45) is 5.92 Å². The molecular formula is C9H19ClSi. The van der Waals surface area contributed by atoms with E-state index in [0.29, 0.717) is 5.92 Å². The molecule has 0 aliphatic heterocycles. The quantitative estimate of drug-likeness (QED) is 0.471. The molecule has 0 aromatic rings. The highest BCUT2D eigenvalue weighted by atomic mass is 35.5. The van der Waals surface area contributed by atoms with Crippen LogP contribution in [0.4, 0.5) is 0 Å². The zero-order valence-electron chi connectivity index (χ0n) is 8.24. The van der Waals surface area contributed by atoms with Crippen LogP contribution in [-0.4, -0.2) is 13.5 Å². The Hall–Kier alpha value is 0.247. The molecule has 0 aromatic carbocycles. The number of hydrogen-bond donors (Lipinski definition) is 0. The Kier molecular flexibility index (Phi) is 3.85. The SMILES string of the molecule is C=C(C(Cl)C(C)C)[Si](C)(C)C. The fourth-order valence-electron chi connectivity index (χ4n) is 0.816. The van der Waals surface area contributed by atoms with E-state index in [1.165, 1.54) is 5.20 Å². The van der Waals surface area contributed by atoms with Crippen LogP contribution in [0.15, 0.2) is 11.8 Å². The van der Waals surface area contributed by atoms with Gasteiger partial charge >= 0.3 is 0 Å². The molecule has 0 aliphatic rings. The first-order valence-corrected chi connectivity index (χ1v) is 8.03. The smallest absolute Gasteiger partial charge is 0.0736 e. The molecule has 0 amide bonds. The summed E-state index contributed by atoms with van der Waals surface area (Å²) in [6, 6.07) is 0. The van der Waals surface area contributed by atoms with Crippen molar-refractivity contribution in [1.82, 2.24) is 0 Å². The summed E-state index contributed by atoms with van der Waals surface area (Å²) in [5, 5.41) is 1.44. The van der Waals surface area contributed by atoms with Gasteiger partial charge in [-0.25, -0.2) is 0 Å². The zero-order valence-corrected chi connectivity index (χ0v) is 10.00. The molecule has 0 nitrogen and oxygen atoms in total. The highest BCUT2D eigenvalue weighted by molar-refractivity contribution is 6.84. The summed E-state index contributed by atoms with van der Waals surface area (Å²) in [4.78, 5) is 0. The Bertz CT molecular complexity index is 144. The lowest BCUT2D eigenvalue weighted by atomic mass is 10.1. The van der Waals surface area contributed by atoms with Gasteiger partial charge in [0.25, 0.3) is 0 Å². The monoisotopic (exact) mass is 190 g/mol. The van der Waals surface area contributed by atoms with E-state index in [1.54, 1.807) is 0 Å². The molecule has 1 atom stereocenters. The number of allylic oxidation sites excluding steroid dienone is 1. The van der Waals surface area contributed by atoms with Gasteiger partial charge in [0.15, 0.2) is 0 Å². The molecule has 0 spiro atoms. The van der Waals surface area contributed by atoms with Gasteiger partial charge in [-0.05, 0) is 5.92 Å². The largest absolute Gasteiger partial charge is 0.118 e. The third-order valence-corrected chi connectivity index (χ3v) is 5.07. The molecule has 66 valence electrons. The second-order valence-electron chi connectivity index (χ2n) is 4.42. The van der Waals surface area contributed by atoms with E-state index in [0.717, 1.165) is 0 Å². The minimum atomic E-state index is -1.21. The molecule has 0 radical (unpaired) electrons. The topological polar surface area (TPSA) is 0 Å². The van der Waals surface area contributed by atoms with E-state index >= 15 is 0 Å². The number of halogens is 1. The Morgan fingerprint density at radius 1 is 1.27 bits per heavy atom. The molecule has 0 fully saturated rings. The van der Waals surface area contributed by atoms with Gasteiger partial charge in [0.1, 0.15) is 0 Å². The summed E-state index contributed by atoms with van der Waals surface area (Å²) in [6.07, 6.45) is 0. The maximum absolute atomic E-state index is 6.19. The van der Waals surface area contributed by atoms with E-state index in [-0.39, 0.29) is 5.38 Å². The van der Waals surface area contributed by atoms with Crippen LogP contribution in [-0.2, 0) is 0 Å². The van der Waals surface area contributed by atoms with Crippen molar-refractivity contribution in [2.45, 2.75) is 38.9 Å². The minimum absolute atomic E-state index is 0.168. The number of alkyl halides is 1. The molecule has 0 rings (SSSR count). The zero-order chi connectivity index (χ0) is 9.23. The summed E-state index contributed by atoms with van der Waals surface area (Å²) in [7, 11) is -1.21. The molecule has 11 heavy (non-hydrogen) atoms. The summed E-state index contributed by atoms with van der Waals surface area (Å²) in [5.41, 5.74) is 0. The molecule has 0 saturated heterocycles. The van der Waals surface area contributed by atoms with Crippen LogP contribution < -0.4 is 0 Å². The average molecular weight is 191 g/mol. The minimum Gasteiger partial charge on any atom is -0.118 e. The fraction of sp³-hybridized carbons (Fsp3) is 0.778. The summed E-state index contributed by atoms with van der Waals surface area (Å²) in [6.45, 7) is 15.2. The van der Waals surface area contributed by atoms with Crippen LogP contribution in [0.3, 0.4) is 0 Å². The van der Waals surface area contributed by atoms with E-state index in [4.69, 9.17) is 11.6 Å². The van der Waals surface area contributed by atoms with Crippen LogP contribution in [0, 0.1) is 5.92 Å². The third kappa shape index (κ3) is 3.43. The molecule has 0 bridgehead atoms. The Balaban J connectivity index is 4.26. The van der Waals surface area contributed by atoms with Crippen molar-refractivity contribution in [3.05, 3.63) is 11.8 Å². The lowest BCUT2D eigenvalue weighted by Crippen LogP contribution is -2.31. The first kappa shape index (κ1) is 11.2. The molecule has 0 heterocycles. The second kappa shape index (κ2) is 3.77. The van der Waals surface area contributed by atoms with Crippen LogP contribution in [0.1, 0.15) is 13.8 Å².